The van der Waals surface area contributed by atoms with Crippen LogP contribution in [-0.4, -0.2) is 38.0 Å². The Kier molecular flexibility index (Phi) is 5.59. The highest BCUT2D eigenvalue weighted by Gasteiger charge is 2.12. The molecular weight excluding hydrogens is 252 g/mol. The fraction of sp³-hybridized carbons (Fsp3) is 0.417. The third-order valence-corrected chi connectivity index (χ3v) is 2.39. The van der Waals surface area contributed by atoms with E-state index in [9.17, 15) is 14.4 Å². The Bertz CT molecular complexity index is 466. The average Bonchev–Trinajstić information content (AvgIpc) is 2.82. The molecular formula is C12H16N2O5. The first-order valence-electron chi connectivity index (χ1n) is 5.70. The van der Waals surface area contributed by atoms with E-state index in [-0.39, 0.29) is 31.3 Å². The van der Waals surface area contributed by atoms with Gasteiger partial charge in [0.2, 0.25) is 5.91 Å². The van der Waals surface area contributed by atoms with Crippen LogP contribution < -0.4 is 10.6 Å². The SMILES string of the molecule is COC(=O)CCNC(=O)CNC(=O)c1ccoc1C. The van der Waals surface area contributed by atoms with E-state index < -0.39 is 5.97 Å². The lowest BCUT2D eigenvalue weighted by Crippen LogP contribution is -2.37. The molecule has 0 atom stereocenters. The molecule has 0 aromatic carbocycles. The Morgan fingerprint density at radius 1 is 1.32 bits per heavy atom. The molecule has 1 rings (SSSR count). The standard InChI is InChI=1S/C12H16N2O5/c1-8-9(4-6-19-8)12(17)14-7-10(15)13-5-3-11(16)18-2/h4,6H,3,5,7H2,1-2H3,(H,13,15)(H,14,17). The maximum atomic E-state index is 11.6. The van der Waals surface area contributed by atoms with Crippen molar-refractivity contribution >= 4 is 17.8 Å². The van der Waals surface area contributed by atoms with Crippen molar-refractivity contribution < 1.29 is 23.5 Å². The minimum atomic E-state index is -0.404. The molecule has 7 heteroatoms. The second-order valence-corrected chi connectivity index (χ2v) is 3.75. The second-order valence-electron chi connectivity index (χ2n) is 3.75. The molecule has 2 amide bonds. The van der Waals surface area contributed by atoms with Crippen LogP contribution in [-0.2, 0) is 14.3 Å². The van der Waals surface area contributed by atoms with Crippen molar-refractivity contribution in [3.8, 4) is 0 Å². The third-order valence-electron chi connectivity index (χ3n) is 2.39. The van der Waals surface area contributed by atoms with Crippen LogP contribution in [0.5, 0.6) is 0 Å². The molecule has 0 fully saturated rings. The Hall–Kier alpha value is -2.31. The molecule has 1 aromatic heterocycles. The monoisotopic (exact) mass is 268 g/mol. The first-order valence-corrected chi connectivity index (χ1v) is 5.70. The minimum absolute atomic E-state index is 0.0943. The molecule has 0 saturated carbocycles. The van der Waals surface area contributed by atoms with Crippen LogP contribution in [0.3, 0.4) is 0 Å². The van der Waals surface area contributed by atoms with Gasteiger partial charge in [-0.1, -0.05) is 0 Å². The van der Waals surface area contributed by atoms with E-state index >= 15 is 0 Å². The van der Waals surface area contributed by atoms with Crippen LogP contribution in [0.4, 0.5) is 0 Å². The van der Waals surface area contributed by atoms with Crippen molar-refractivity contribution in [1.82, 2.24) is 10.6 Å². The van der Waals surface area contributed by atoms with Crippen molar-refractivity contribution in [2.45, 2.75) is 13.3 Å². The number of amides is 2. The maximum Gasteiger partial charge on any atom is 0.307 e. The van der Waals surface area contributed by atoms with Crippen molar-refractivity contribution in [1.29, 1.82) is 0 Å². The molecule has 1 heterocycles. The summed E-state index contributed by atoms with van der Waals surface area (Å²) >= 11 is 0. The number of ether oxygens (including phenoxy) is 1. The zero-order valence-corrected chi connectivity index (χ0v) is 10.8. The molecule has 0 bridgehead atoms. The van der Waals surface area contributed by atoms with E-state index in [1.54, 1.807) is 6.92 Å². The average molecular weight is 268 g/mol. The number of furan rings is 1. The molecule has 1 aromatic rings. The zero-order valence-electron chi connectivity index (χ0n) is 10.8. The van der Waals surface area contributed by atoms with Crippen LogP contribution in [0.15, 0.2) is 16.7 Å². The fourth-order valence-electron chi connectivity index (χ4n) is 1.34. The molecule has 0 saturated heterocycles. The van der Waals surface area contributed by atoms with Gasteiger partial charge in [-0.3, -0.25) is 14.4 Å². The van der Waals surface area contributed by atoms with Gasteiger partial charge in [-0.05, 0) is 13.0 Å². The summed E-state index contributed by atoms with van der Waals surface area (Å²) in [7, 11) is 1.28. The van der Waals surface area contributed by atoms with Crippen LogP contribution in [0.1, 0.15) is 22.5 Å². The number of carbonyl (C=O) groups is 3. The number of hydrogen-bond acceptors (Lipinski definition) is 5. The molecule has 0 aliphatic heterocycles. The van der Waals surface area contributed by atoms with E-state index in [1.807, 2.05) is 0 Å². The lowest BCUT2D eigenvalue weighted by atomic mass is 10.2. The highest BCUT2D eigenvalue weighted by molar-refractivity contribution is 5.97. The summed E-state index contributed by atoms with van der Waals surface area (Å²) in [5.74, 6) is -0.672. The molecule has 0 radical (unpaired) electrons. The number of methoxy groups -OCH3 is 1. The van der Waals surface area contributed by atoms with Gasteiger partial charge in [0.05, 0.1) is 31.9 Å². The second kappa shape index (κ2) is 7.20. The summed E-state index contributed by atoms with van der Waals surface area (Å²) in [6.45, 7) is 1.67. The van der Waals surface area contributed by atoms with Crippen molar-refractivity contribution in [3.63, 3.8) is 0 Å². The van der Waals surface area contributed by atoms with Gasteiger partial charge >= 0.3 is 5.97 Å². The Labute approximate surface area is 110 Å². The lowest BCUT2D eigenvalue weighted by molar-refractivity contribution is -0.140. The Morgan fingerprint density at radius 3 is 2.63 bits per heavy atom. The third kappa shape index (κ3) is 4.82. The van der Waals surface area contributed by atoms with Gasteiger partial charge in [0, 0.05) is 6.54 Å². The summed E-state index contributed by atoms with van der Waals surface area (Å²) in [5.41, 5.74) is 0.391. The maximum absolute atomic E-state index is 11.6. The number of esters is 1. The summed E-state index contributed by atoms with van der Waals surface area (Å²) in [6.07, 6.45) is 1.50. The number of hydrogen-bond donors (Lipinski definition) is 2. The number of nitrogens with one attached hydrogen (secondary N) is 2. The molecule has 0 unspecified atom stereocenters. The van der Waals surface area contributed by atoms with Crippen LogP contribution in [0, 0.1) is 6.92 Å². The van der Waals surface area contributed by atoms with Gasteiger partial charge in [-0.2, -0.15) is 0 Å². The largest absolute Gasteiger partial charge is 0.469 e. The summed E-state index contributed by atoms with van der Waals surface area (Å²) in [6, 6.07) is 1.53. The lowest BCUT2D eigenvalue weighted by Gasteiger charge is -2.06. The molecule has 104 valence electrons. The fourth-order valence-corrected chi connectivity index (χ4v) is 1.34. The van der Waals surface area contributed by atoms with Crippen LogP contribution in [0.25, 0.3) is 0 Å². The number of aryl methyl sites for hydroxylation is 1. The zero-order chi connectivity index (χ0) is 14.3. The highest BCUT2D eigenvalue weighted by atomic mass is 16.5. The van der Waals surface area contributed by atoms with Gasteiger partial charge < -0.3 is 19.8 Å². The van der Waals surface area contributed by atoms with Crippen molar-refractivity contribution in [2.24, 2.45) is 0 Å². The smallest absolute Gasteiger partial charge is 0.307 e. The first-order chi connectivity index (χ1) is 9.04. The normalized spacial score (nSPS) is 9.79. The summed E-state index contributed by atoms with van der Waals surface area (Å²) in [5, 5.41) is 4.94. The van der Waals surface area contributed by atoms with Crippen molar-refractivity contribution in [2.75, 3.05) is 20.2 Å². The van der Waals surface area contributed by atoms with Crippen LogP contribution >= 0.6 is 0 Å². The Morgan fingerprint density at radius 2 is 2.05 bits per heavy atom. The first kappa shape index (κ1) is 14.7. The molecule has 0 aliphatic rings. The minimum Gasteiger partial charge on any atom is -0.469 e. The van der Waals surface area contributed by atoms with Crippen LogP contribution in [0.2, 0.25) is 0 Å². The molecule has 2 N–H and O–H groups in total. The summed E-state index contributed by atoms with van der Waals surface area (Å²) in [4.78, 5) is 33.8. The summed E-state index contributed by atoms with van der Waals surface area (Å²) < 4.78 is 9.41. The van der Waals surface area contributed by atoms with E-state index in [4.69, 9.17) is 4.42 Å². The quantitative estimate of drug-likeness (QED) is 0.707. The van der Waals surface area contributed by atoms with Gasteiger partial charge in [0.15, 0.2) is 0 Å². The Balaban J connectivity index is 2.25. The molecule has 0 spiro atoms. The number of carbonyl (C=O) groups excluding carboxylic acids is 3. The van der Waals surface area contributed by atoms with Crippen molar-refractivity contribution in [3.05, 3.63) is 23.7 Å². The van der Waals surface area contributed by atoms with E-state index in [0.717, 1.165) is 0 Å². The van der Waals surface area contributed by atoms with Gasteiger partial charge in [-0.25, -0.2) is 0 Å². The highest BCUT2D eigenvalue weighted by Crippen LogP contribution is 2.07. The van der Waals surface area contributed by atoms with Gasteiger partial charge in [0.25, 0.3) is 5.91 Å². The molecule has 19 heavy (non-hydrogen) atoms. The van der Waals surface area contributed by atoms with Gasteiger partial charge in [-0.15, -0.1) is 0 Å². The number of rotatable bonds is 6. The van der Waals surface area contributed by atoms with E-state index in [2.05, 4.69) is 15.4 Å². The topological polar surface area (TPSA) is 97.6 Å². The predicted molar refractivity (Wildman–Crippen MR) is 65.4 cm³/mol. The molecule has 0 aliphatic carbocycles. The predicted octanol–water partition coefficient (Wildman–Crippen LogP) is -0.00288. The van der Waals surface area contributed by atoms with E-state index in [0.29, 0.717) is 11.3 Å². The van der Waals surface area contributed by atoms with E-state index in [1.165, 1.54) is 19.4 Å². The molecule has 7 nitrogen and oxygen atoms in total. The van der Waals surface area contributed by atoms with Gasteiger partial charge in [0.1, 0.15) is 5.76 Å².